The first-order chi connectivity index (χ1) is 14.9. The first kappa shape index (κ1) is 21.3. The summed E-state index contributed by atoms with van der Waals surface area (Å²) in [6.07, 6.45) is 0.548. The molecule has 0 saturated carbocycles. The monoisotopic (exact) mass is 532 g/mol. The number of fused-ring (bicyclic) bond motifs is 1. The van der Waals surface area contributed by atoms with Crippen molar-refractivity contribution in [2.75, 3.05) is 11.9 Å². The molecule has 0 radical (unpaired) electrons. The summed E-state index contributed by atoms with van der Waals surface area (Å²) in [5, 5.41) is 8.23. The molecule has 4 rings (SSSR count). The van der Waals surface area contributed by atoms with Crippen LogP contribution in [0.4, 0.5) is 5.69 Å². The fraction of sp³-hybridized carbons (Fsp3) is 0.273. The highest BCUT2D eigenvalue weighted by molar-refractivity contribution is 14.1. The highest BCUT2D eigenvalue weighted by atomic mass is 127. The molecular formula is C22H21IN4O4. The van der Waals surface area contributed by atoms with Crippen LogP contribution < -0.4 is 16.0 Å². The van der Waals surface area contributed by atoms with Crippen molar-refractivity contribution in [3.05, 3.63) is 62.7 Å². The molecule has 3 N–H and O–H groups in total. The normalized spacial score (nSPS) is 17.9. The van der Waals surface area contributed by atoms with Crippen molar-refractivity contribution in [2.24, 2.45) is 0 Å². The first-order valence-corrected chi connectivity index (χ1v) is 11.0. The number of nitrogens with one attached hydrogen (secondary N) is 3. The fourth-order valence-corrected chi connectivity index (χ4v) is 4.56. The average molecular weight is 532 g/mol. The van der Waals surface area contributed by atoms with E-state index in [2.05, 4.69) is 38.5 Å². The number of nitrogens with zero attached hydrogens (tertiary/aromatic N) is 1. The molecule has 31 heavy (non-hydrogen) atoms. The number of carbonyl (C=O) groups excluding carboxylic acids is 4. The summed E-state index contributed by atoms with van der Waals surface area (Å²) in [5.74, 6) is -1.13. The molecule has 2 heterocycles. The van der Waals surface area contributed by atoms with E-state index in [-0.39, 0.29) is 30.7 Å². The van der Waals surface area contributed by atoms with Crippen LogP contribution in [0.3, 0.4) is 0 Å². The zero-order chi connectivity index (χ0) is 22.0. The standard InChI is InChI=1S/C22H21IN4O4/c23-17-9-14(24-11-20(29)25-10-13-4-2-1-3-5-13)8-15-16(17)12-27(22(15)31)18-6-7-19(28)26-21(18)30/h1-5,8-9,18,24H,6-7,10-12H2,(H,25,29)(H,26,28,30). The molecule has 1 unspecified atom stereocenters. The Morgan fingerprint density at radius 3 is 2.68 bits per heavy atom. The third kappa shape index (κ3) is 4.71. The van der Waals surface area contributed by atoms with E-state index in [0.717, 1.165) is 14.7 Å². The van der Waals surface area contributed by atoms with Gasteiger partial charge in [-0.25, -0.2) is 0 Å². The molecule has 2 aliphatic heterocycles. The fourth-order valence-electron chi connectivity index (χ4n) is 3.76. The van der Waals surface area contributed by atoms with E-state index in [4.69, 9.17) is 0 Å². The molecule has 2 aliphatic rings. The zero-order valence-electron chi connectivity index (χ0n) is 16.6. The summed E-state index contributed by atoms with van der Waals surface area (Å²) in [6, 6.07) is 12.6. The predicted molar refractivity (Wildman–Crippen MR) is 122 cm³/mol. The van der Waals surface area contributed by atoms with Crippen LogP contribution >= 0.6 is 22.6 Å². The van der Waals surface area contributed by atoms with Crippen LogP contribution in [-0.2, 0) is 27.5 Å². The summed E-state index contributed by atoms with van der Waals surface area (Å²) in [7, 11) is 0. The van der Waals surface area contributed by atoms with E-state index in [9.17, 15) is 19.2 Å². The van der Waals surface area contributed by atoms with Crippen molar-refractivity contribution in [1.29, 1.82) is 0 Å². The molecule has 8 nitrogen and oxygen atoms in total. The first-order valence-electron chi connectivity index (χ1n) is 9.94. The summed E-state index contributed by atoms with van der Waals surface area (Å²) < 4.78 is 0.880. The van der Waals surface area contributed by atoms with Crippen molar-refractivity contribution >= 4 is 51.9 Å². The zero-order valence-corrected chi connectivity index (χ0v) is 18.8. The SMILES string of the molecule is O=C(CNc1cc(I)c2c(c1)C(=O)N(C1CCC(=O)NC1=O)C2)NCc1ccccc1. The number of amides is 4. The van der Waals surface area contributed by atoms with Crippen LogP contribution in [0.15, 0.2) is 42.5 Å². The molecule has 0 bridgehead atoms. The smallest absolute Gasteiger partial charge is 0.255 e. The number of imide groups is 1. The summed E-state index contributed by atoms with van der Waals surface area (Å²) in [4.78, 5) is 50.3. The van der Waals surface area contributed by atoms with Crippen molar-refractivity contribution in [3.8, 4) is 0 Å². The van der Waals surface area contributed by atoms with Gasteiger partial charge >= 0.3 is 0 Å². The van der Waals surface area contributed by atoms with Crippen LogP contribution in [-0.4, -0.2) is 41.1 Å². The molecule has 1 saturated heterocycles. The summed E-state index contributed by atoms with van der Waals surface area (Å²) in [6.45, 7) is 0.853. The highest BCUT2D eigenvalue weighted by Crippen LogP contribution is 2.33. The van der Waals surface area contributed by atoms with Crippen molar-refractivity contribution in [1.82, 2.24) is 15.5 Å². The van der Waals surface area contributed by atoms with E-state index in [1.165, 1.54) is 4.90 Å². The van der Waals surface area contributed by atoms with Crippen LogP contribution in [0.5, 0.6) is 0 Å². The van der Waals surface area contributed by atoms with E-state index >= 15 is 0 Å². The van der Waals surface area contributed by atoms with Crippen molar-refractivity contribution < 1.29 is 19.2 Å². The molecule has 0 spiro atoms. The second-order valence-electron chi connectivity index (χ2n) is 7.50. The summed E-state index contributed by atoms with van der Waals surface area (Å²) in [5.41, 5.74) is 3.05. The van der Waals surface area contributed by atoms with E-state index < -0.39 is 11.9 Å². The molecule has 1 fully saturated rings. The Bertz CT molecular complexity index is 1060. The number of benzene rings is 2. The van der Waals surface area contributed by atoms with Crippen molar-refractivity contribution in [2.45, 2.75) is 32.0 Å². The average Bonchev–Trinajstić information content (AvgIpc) is 3.08. The molecule has 2 aromatic carbocycles. The topological polar surface area (TPSA) is 108 Å². The van der Waals surface area contributed by atoms with Crippen LogP contribution in [0.1, 0.15) is 34.3 Å². The van der Waals surface area contributed by atoms with Gasteiger partial charge in [0.1, 0.15) is 6.04 Å². The predicted octanol–water partition coefficient (Wildman–Crippen LogP) is 1.78. The molecule has 160 valence electrons. The Morgan fingerprint density at radius 1 is 1.16 bits per heavy atom. The molecule has 1 atom stereocenters. The van der Waals surface area contributed by atoms with Gasteiger partial charge in [0.25, 0.3) is 5.91 Å². The number of halogens is 1. The van der Waals surface area contributed by atoms with Gasteiger partial charge in [-0.3, -0.25) is 24.5 Å². The number of rotatable bonds is 6. The van der Waals surface area contributed by atoms with Gasteiger partial charge in [-0.2, -0.15) is 0 Å². The number of carbonyl (C=O) groups is 4. The van der Waals surface area contributed by atoms with Gasteiger partial charge in [0, 0.05) is 34.3 Å². The third-order valence-corrected chi connectivity index (χ3v) is 6.35. The maximum absolute atomic E-state index is 13.0. The quantitative estimate of drug-likeness (QED) is 0.389. The van der Waals surface area contributed by atoms with E-state index in [0.29, 0.717) is 30.8 Å². The molecule has 4 amide bonds. The minimum absolute atomic E-state index is 0.0761. The molecule has 2 aromatic rings. The van der Waals surface area contributed by atoms with Crippen LogP contribution in [0, 0.1) is 3.57 Å². The third-order valence-electron chi connectivity index (χ3n) is 5.39. The Hall–Kier alpha value is -2.95. The minimum atomic E-state index is -0.645. The second kappa shape index (κ2) is 9.04. The van der Waals surface area contributed by atoms with Gasteiger partial charge < -0.3 is 15.5 Å². The van der Waals surface area contributed by atoms with Gasteiger partial charge in [0.2, 0.25) is 17.7 Å². The number of hydrogen-bond donors (Lipinski definition) is 3. The number of anilines is 1. The highest BCUT2D eigenvalue weighted by Gasteiger charge is 2.39. The molecule has 9 heteroatoms. The van der Waals surface area contributed by atoms with Crippen LogP contribution in [0.25, 0.3) is 0 Å². The van der Waals surface area contributed by atoms with E-state index in [1.54, 1.807) is 6.07 Å². The second-order valence-corrected chi connectivity index (χ2v) is 8.66. The Morgan fingerprint density at radius 2 is 1.94 bits per heavy atom. The Kier molecular flexibility index (Phi) is 6.21. The molecule has 0 aromatic heterocycles. The van der Waals surface area contributed by atoms with Crippen LogP contribution in [0.2, 0.25) is 0 Å². The molecule has 0 aliphatic carbocycles. The Balaban J connectivity index is 1.39. The molecular weight excluding hydrogens is 511 g/mol. The summed E-state index contributed by atoms with van der Waals surface area (Å²) >= 11 is 2.16. The van der Waals surface area contributed by atoms with Gasteiger partial charge in [-0.1, -0.05) is 30.3 Å². The van der Waals surface area contributed by atoms with Gasteiger partial charge in [-0.05, 0) is 52.3 Å². The van der Waals surface area contributed by atoms with Gasteiger partial charge in [0.05, 0.1) is 6.54 Å². The van der Waals surface area contributed by atoms with Gasteiger partial charge in [0.15, 0.2) is 0 Å². The largest absolute Gasteiger partial charge is 0.376 e. The maximum Gasteiger partial charge on any atom is 0.255 e. The maximum atomic E-state index is 13.0. The van der Waals surface area contributed by atoms with Crippen molar-refractivity contribution in [3.63, 3.8) is 0 Å². The number of hydrogen-bond acceptors (Lipinski definition) is 5. The Labute approximate surface area is 192 Å². The lowest BCUT2D eigenvalue weighted by Gasteiger charge is -2.29. The van der Waals surface area contributed by atoms with E-state index in [1.807, 2.05) is 36.4 Å². The lowest BCUT2D eigenvalue weighted by atomic mass is 10.0. The lowest BCUT2D eigenvalue weighted by molar-refractivity contribution is -0.137. The lowest BCUT2D eigenvalue weighted by Crippen LogP contribution is -2.52. The van der Waals surface area contributed by atoms with Gasteiger partial charge in [-0.15, -0.1) is 0 Å². The number of piperidine rings is 1. The minimum Gasteiger partial charge on any atom is -0.376 e.